The Hall–Kier alpha value is -3.35. The lowest BCUT2D eigenvalue weighted by molar-refractivity contribution is -0.142. The van der Waals surface area contributed by atoms with Crippen molar-refractivity contribution in [3.63, 3.8) is 0 Å². The Morgan fingerprint density at radius 1 is 0.900 bits per heavy atom. The van der Waals surface area contributed by atoms with Crippen LogP contribution < -0.4 is 10.6 Å². The normalized spacial score (nSPS) is 14.2. The van der Waals surface area contributed by atoms with Crippen LogP contribution in [-0.2, 0) is 14.3 Å². The summed E-state index contributed by atoms with van der Waals surface area (Å²) < 4.78 is 5.45. The highest BCUT2D eigenvalue weighted by atomic mass is 16.5. The smallest absolute Gasteiger partial charge is 0.407 e. The summed E-state index contributed by atoms with van der Waals surface area (Å²) in [4.78, 5) is 35.8. The molecule has 0 aliphatic heterocycles. The third-order valence-electron chi connectivity index (χ3n) is 5.38. The number of ether oxygens (including phenoxy) is 1. The van der Waals surface area contributed by atoms with Crippen molar-refractivity contribution >= 4 is 18.0 Å². The predicted molar refractivity (Wildman–Crippen MR) is 112 cm³/mol. The van der Waals surface area contributed by atoms with Gasteiger partial charge in [0.2, 0.25) is 5.91 Å². The summed E-state index contributed by atoms with van der Waals surface area (Å²) in [5, 5.41) is 14.1. The Morgan fingerprint density at radius 3 is 1.93 bits per heavy atom. The molecule has 0 heterocycles. The minimum absolute atomic E-state index is 0.0754. The van der Waals surface area contributed by atoms with E-state index in [-0.39, 0.29) is 18.9 Å². The molecule has 3 N–H and O–H groups in total. The molecule has 7 nitrogen and oxygen atoms in total. The number of carbonyl (C=O) groups excluding carboxylic acids is 2. The predicted octanol–water partition coefficient (Wildman–Crippen LogP) is 3.28. The number of rotatable bonds is 8. The number of benzene rings is 2. The molecule has 2 atom stereocenters. The number of carboxylic acids is 1. The minimum atomic E-state index is -1.11. The molecule has 0 radical (unpaired) electrons. The number of aliphatic carboxylic acids is 1. The van der Waals surface area contributed by atoms with Crippen LogP contribution in [0.3, 0.4) is 0 Å². The topological polar surface area (TPSA) is 105 Å². The Labute approximate surface area is 175 Å². The second-order valence-electron chi connectivity index (χ2n) is 7.24. The molecule has 0 saturated carbocycles. The van der Waals surface area contributed by atoms with Crippen molar-refractivity contribution in [2.24, 2.45) is 0 Å². The molecule has 0 aromatic heterocycles. The number of alkyl carbamates (subject to hydrolysis) is 1. The number of amides is 2. The number of fused-ring (bicyclic) bond motifs is 3. The van der Waals surface area contributed by atoms with Crippen LogP contribution in [0, 0.1) is 0 Å². The lowest BCUT2D eigenvalue weighted by Crippen LogP contribution is -2.51. The van der Waals surface area contributed by atoms with Crippen LogP contribution >= 0.6 is 0 Å². The molecule has 158 valence electrons. The van der Waals surface area contributed by atoms with Gasteiger partial charge in [0.15, 0.2) is 0 Å². The van der Waals surface area contributed by atoms with E-state index in [0.29, 0.717) is 6.42 Å². The van der Waals surface area contributed by atoms with Gasteiger partial charge in [0.05, 0.1) is 0 Å². The zero-order valence-electron chi connectivity index (χ0n) is 17.1. The average Bonchev–Trinajstić information content (AvgIpc) is 3.07. The lowest BCUT2D eigenvalue weighted by atomic mass is 9.98. The van der Waals surface area contributed by atoms with Gasteiger partial charge in [0.1, 0.15) is 18.7 Å². The van der Waals surface area contributed by atoms with Gasteiger partial charge in [0.25, 0.3) is 0 Å². The first-order valence-corrected chi connectivity index (χ1v) is 10.1. The highest BCUT2D eigenvalue weighted by molar-refractivity contribution is 5.89. The van der Waals surface area contributed by atoms with E-state index in [4.69, 9.17) is 9.84 Å². The summed E-state index contributed by atoms with van der Waals surface area (Å²) in [6, 6.07) is 14.2. The maximum Gasteiger partial charge on any atom is 0.407 e. The van der Waals surface area contributed by atoms with Gasteiger partial charge in [-0.05, 0) is 35.1 Å². The Bertz CT molecular complexity index is 897. The van der Waals surface area contributed by atoms with E-state index < -0.39 is 30.1 Å². The molecular weight excluding hydrogens is 384 g/mol. The molecule has 30 heavy (non-hydrogen) atoms. The van der Waals surface area contributed by atoms with Crippen LogP contribution in [0.25, 0.3) is 11.1 Å². The van der Waals surface area contributed by atoms with Crippen molar-refractivity contribution in [1.29, 1.82) is 0 Å². The third-order valence-corrected chi connectivity index (χ3v) is 5.38. The Morgan fingerprint density at radius 2 is 1.43 bits per heavy atom. The van der Waals surface area contributed by atoms with Gasteiger partial charge in [-0.1, -0.05) is 62.4 Å². The van der Waals surface area contributed by atoms with Gasteiger partial charge in [-0.15, -0.1) is 0 Å². The minimum Gasteiger partial charge on any atom is -0.480 e. The van der Waals surface area contributed by atoms with Gasteiger partial charge >= 0.3 is 12.1 Å². The van der Waals surface area contributed by atoms with Crippen molar-refractivity contribution in [2.75, 3.05) is 6.61 Å². The summed E-state index contributed by atoms with van der Waals surface area (Å²) in [7, 11) is 0. The summed E-state index contributed by atoms with van der Waals surface area (Å²) >= 11 is 0. The molecule has 2 aromatic rings. The number of nitrogens with one attached hydrogen (secondary N) is 2. The van der Waals surface area contributed by atoms with E-state index in [0.717, 1.165) is 22.3 Å². The van der Waals surface area contributed by atoms with Crippen molar-refractivity contribution in [3.8, 4) is 11.1 Å². The van der Waals surface area contributed by atoms with Crippen molar-refractivity contribution < 1.29 is 24.2 Å². The standard InChI is InChI=1S/C23H26N2O5/c1-3-19(21(26)24-20(4-2)22(27)28)25-23(29)30-13-18-16-11-7-5-9-14(16)15-10-6-8-12-17(15)18/h5-12,18-20H,3-4,13H2,1-2H3,(H,24,26)(H,25,29)(H,27,28)/t19-,20+/m1/s1. The molecule has 2 aromatic carbocycles. The van der Waals surface area contributed by atoms with Gasteiger partial charge in [-0.2, -0.15) is 0 Å². The SMILES string of the molecule is CC[C@H](NC(=O)[C@@H](CC)NC(=O)OCC1c2ccccc2-c2ccccc21)C(=O)O. The van der Waals surface area contributed by atoms with Crippen LogP contribution in [0.2, 0.25) is 0 Å². The van der Waals surface area contributed by atoms with Crippen LogP contribution in [0.15, 0.2) is 48.5 Å². The first-order valence-electron chi connectivity index (χ1n) is 10.1. The van der Waals surface area contributed by atoms with E-state index in [9.17, 15) is 14.4 Å². The van der Waals surface area contributed by atoms with Gasteiger partial charge in [0, 0.05) is 5.92 Å². The Balaban J connectivity index is 1.63. The Kier molecular flexibility index (Phi) is 6.72. The van der Waals surface area contributed by atoms with E-state index >= 15 is 0 Å². The van der Waals surface area contributed by atoms with Crippen LogP contribution in [-0.4, -0.2) is 41.8 Å². The molecule has 1 aliphatic carbocycles. The quantitative estimate of drug-likeness (QED) is 0.619. The second kappa shape index (κ2) is 9.43. The van der Waals surface area contributed by atoms with Gasteiger partial charge < -0.3 is 20.5 Å². The largest absolute Gasteiger partial charge is 0.480 e. The summed E-state index contributed by atoms with van der Waals surface area (Å²) in [5.74, 6) is -1.73. The molecule has 1 aliphatic rings. The fourth-order valence-electron chi connectivity index (χ4n) is 3.75. The zero-order valence-corrected chi connectivity index (χ0v) is 17.1. The van der Waals surface area contributed by atoms with Gasteiger partial charge in [-0.3, -0.25) is 4.79 Å². The van der Waals surface area contributed by atoms with Crippen LogP contribution in [0.4, 0.5) is 4.79 Å². The molecule has 3 rings (SSSR count). The monoisotopic (exact) mass is 410 g/mol. The van der Waals surface area contributed by atoms with Crippen molar-refractivity contribution in [1.82, 2.24) is 10.6 Å². The lowest BCUT2D eigenvalue weighted by Gasteiger charge is -2.20. The molecule has 0 saturated heterocycles. The molecule has 0 bridgehead atoms. The fraction of sp³-hybridized carbons (Fsp3) is 0.348. The summed E-state index contributed by atoms with van der Waals surface area (Å²) in [6.07, 6.45) is -0.142. The van der Waals surface area contributed by atoms with E-state index in [1.54, 1.807) is 13.8 Å². The highest BCUT2D eigenvalue weighted by Crippen LogP contribution is 2.44. The van der Waals surface area contributed by atoms with E-state index in [2.05, 4.69) is 22.8 Å². The average molecular weight is 410 g/mol. The van der Waals surface area contributed by atoms with E-state index in [1.165, 1.54) is 0 Å². The first-order chi connectivity index (χ1) is 14.5. The fourth-order valence-corrected chi connectivity index (χ4v) is 3.75. The third kappa shape index (κ3) is 4.45. The zero-order chi connectivity index (χ0) is 21.7. The molecule has 7 heteroatoms. The maximum atomic E-state index is 12.4. The van der Waals surface area contributed by atoms with Crippen molar-refractivity contribution in [2.45, 2.75) is 44.7 Å². The maximum absolute atomic E-state index is 12.4. The molecule has 2 amide bonds. The highest BCUT2D eigenvalue weighted by Gasteiger charge is 2.30. The summed E-state index contributed by atoms with van der Waals surface area (Å²) in [5.41, 5.74) is 4.46. The number of carbonyl (C=O) groups is 3. The molecule has 0 unspecified atom stereocenters. The molecule has 0 spiro atoms. The van der Waals surface area contributed by atoms with Gasteiger partial charge in [-0.25, -0.2) is 9.59 Å². The number of hydrogen-bond acceptors (Lipinski definition) is 4. The summed E-state index contributed by atoms with van der Waals surface area (Å²) in [6.45, 7) is 3.54. The second-order valence-corrected chi connectivity index (χ2v) is 7.24. The molecular formula is C23H26N2O5. The van der Waals surface area contributed by atoms with Crippen LogP contribution in [0.5, 0.6) is 0 Å². The first kappa shape index (κ1) is 21.4. The van der Waals surface area contributed by atoms with E-state index in [1.807, 2.05) is 36.4 Å². The number of hydrogen-bond donors (Lipinski definition) is 3. The van der Waals surface area contributed by atoms with Crippen molar-refractivity contribution in [3.05, 3.63) is 59.7 Å². The van der Waals surface area contributed by atoms with Crippen LogP contribution in [0.1, 0.15) is 43.7 Å². The molecule has 0 fully saturated rings. The number of carboxylic acid groups (broad SMARTS) is 1.